The monoisotopic (exact) mass is 450 g/mol. The molecular weight excluding hydrogens is 428 g/mol. The number of hydrogen-bond acceptors (Lipinski definition) is 6. The van der Waals surface area contributed by atoms with Gasteiger partial charge in [-0.15, -0.1) is 11.3 Å². The molecule has 5 rings (SSSR count). The average molecular weight is 451 g/mol. The normalized spacial score (nSPS) is 16.1. The van der Waals surface area contributed by atoms with Crippen LogP contribution in [-0.4, -0.2) is 57.6 Å². The topological polar surface area (TPSA) is 96.7 Å². The molecule has 32 heavy (non-hydrogen) atoms. The van der Waals surface area contributed by atoms with Gasteiger partial charge in [0.1, 0.15) is 11.5 Å². The number of fused-ring (bicyclic) bond motifs is 2. The van der Waals surface area contributed by atoms with Gasteiger partial charge in [0.05, 0.1) is 32.3 Å². The minimum absolute atomic E-state index is 0.0949. The number of likely N-dealkylation sites (tertiary alicyclic amines) is 1. The second kappa shape index (κ2) is 7.92. The Morgan fingerprint density at radius 2 is 2.12 bits per heavy atom. The molecule has 4 heterocycles. The minimum atomic E-state index is -0.457. The third-order valence-corrected chi connectivity index (χ3v) is 6.83. The van der Waals surface area contributed by atoms with Crippen LogP contribution >= 0.6 is 11.3 Å². The summed E-state index contributed by atoms with van der Waals surface area (Å²) in [6.07, 6.45) is 3.60. The standard InChI is InChI=1S/C23H22N4O4S/c1-24-22(29)16-12-26(2)18-9-14(3-4-15(16)18)31-19-5-7-25-17-10-20(32-21(17)19)23(30)27-8-6-13(28)11-27/h3-5,7,9-10,12-13,28H,6,8,11H2,1-2H3,(H,24,29)/t13-/m1/s1. The summed E-state index contributed by atoms with van der Waals surface area (Å²) < 4.78 is 8.85. The molecule has 0 radical (unpaired) electrons. The highest BCUT2D eigenvalue weighted by Crippen LogP contribution is 2.36. The lowest BCUT2D eigenvalue weighted by Crippen LogP contribution is -2.28. The van der Waals surface area contributed by atoms with Crippen LogP contribution in [0.4, 0.5) is 0 Å². The van der Waals surface area contributed by atoms with Crippen LogP contribution in [0.25, 0.3) is 21.1 Å². The van der Waals surface area contributed by atoms with Crippen molar-refractivity contribution in [2.45, 2.75) is 12.5 Å². The molecule has 1 saturated heterocycles. The molecule has 1 atom stereocenters. The summed E-state index contributed by atoms with van der Waals surface area (Å²) in [6, 6.07) is 9.13. The zero-order valence-corrected chi connectivity index (χ0v) is 18.5. The van der Waals surface area contributed by atoms with E-state index >= 15 is 0 Å². The lowest BCUT2D eigenvalue weighted by Gasteiger charge is -2.13. The van der Waals surface area contributed by atoms with E-state index in [0.29, 0.717) is 47.0 Å². The number of carbonyl (C=O) groups is 2. The van der Waals surface area contributed by atoms with Crippen molar-refractivity contribution in [1.29, 1.82) is 0 Å². The van der Waals surface area contributed by atoms with Gasteiger partial charge in [-0.05, 0) is 24.6 Å². The summed E-state index contributed by atoms with van der Waals surface area (Å²) in [5.41, 5.74) is 2.18. The number of hydrogen-bond donors (Lipinski definition) is 2. The van der Waals surface area contributed by atoms with Gasteiger partial charge in [0, 0.05) is 57.1 Å². The van der Waals surface area contributed by atoms with Gasteiger partial charge in [-0.2, -0.15) is 0 Å². The van der Waals surface area contributed by atoms with Crippen molar-refractivity contribution in [1.82, 2.24) is 19.8 Å². The number of benzene rings is 1. The van der Waals surface area contributed by atoms with Crippen molar-refractivity contribution in [3.05, 3.63) is 53.2 Å². The molecule has 2 N–H and O–H groups in total. The van der Waals surface area contributed by atoms with Gasteiger partial charge >= 0.3 is 0 Å². The van der Waals surface area contributed by atoms with Gasteiger partial charge in [-0.1, -0.05) is 0 Å². The highest BCUT2D eigenvalue weighted by Gasteiger charge is 2.27. The van der Waals surface area contributed by atoms with Crippen LogP contribution in [-0.2, 0) is 7.05 Å². The molecule has 9 heteroatoms. The number of rotatable bonds is 4. The predicted molar refractivity (Wildman–Crippen MR) is 123 cm³/mol. The number of amides is 2. The number of ether oxygens (including phenoxy) is 1. The zero-order chi connectivity index (χ0) is 22.4. The van der Waals surface area contributed by atoms with E-state index in [9.17, 15) is 14.7 Å². The highest BCUT2D eigenvalue weighted by atomic mass is 32.1. The Labute approximate surface area is 188 Å². The Morgan fingerprint density at radius 1 is 1.28 bits per heavy atom. The largest absolute Gasteiger partial charge is 0.456 e. The summed E-state index contributed by atoms with van der Waals surface area (Å²) in [5.74, 6) is 1.00. The maximum absolute atomic E-state index is 12.8. The summed E-state index contributed by atoms with van der Waals surface area (Å²) in [7, 11) is 3.49. The predicted octanol–water partition coefficient (Wildman–Crippen LogP) is 3.15. The Kier molecular flexibility index (Phi) is 5.07. The summed E-state index contributed by atoms with van der Waals surface area (Å²) in [4.78, 5) is 31.6. The van der Waals surface area contributed by atoms with Crippen LogP contribution in [0.1, 0.15) is 26.5 Å². The van der Waals surface area contributed by atoms with Crippen molar-refractivity contribution in [2.24, 2.45) is 7.05 Å². The molecule has 3 aromatic heterocycles. The first-order chi connectivity index (χ1) is 15.4. The Hall–Kier alpha value is -3.43. The maximum Gasteiger partial charge on any atom is 0.264 e. The van der Waals surface area contributed by atoms with E-state index in [1.807, 2.05) is 29.8 Å². The van der Waals surface area contributed by atoms with Gasteiger partial charge in [-0.25, -0.2) is 0 Å². The third kappa shape index (κ3) is 3.49. The highest BCUT2D eigenvalue weighted by molar-refractivity contribution is 7.21. The van der Waals surface area contributed by atoms with E-state index in [2.05, 4.69) is 10.3 Å². The van der Waals surface area contributed by atoms with E-state index in [0.717, 1.165) is 15.6 Å². The Balaban J connectivity index is 1.47. The molecule has 1 aliphatic heterocycles. The second-order valence-electron chi connectivity index (χ2n) is 7.84. The molecule has 1 fully saturated rings. The summed E-state index contributed by atoms with van der Waals surface area (Å²) in [6.45, 7) is 0.915. The van der Waals surface area contributed by atoms with Crippen LogP contribution in [0.3, 0.4) is 0 Å². The number of thiophene rings is 1. The number of nitrogens with zero attached hydrogens (tertiary/aromatic N) is 3. The molecule has 8 nitrogen and oxygen atoms in total. The number of nitrogens with one attached hydrogen (secondary N) is 1. The lowest BCUT2D eigenvalue weighted by molar-refractivity contribution is 0.0769. The fraction of sp³-hybridized carbons (Fsp3) is 0.261. The van der Waals surface area contributed by atoms with Gasteiger partial charge in [0.15, 0.2) is 0 Å². The smallest absolute Gasteiger partial charge is 0.264 e. The number of aliphatic hydroxyl groups is 1. The second-order valence-corrected chi connectivity index (χ2v) is 8.89. The minimum Gasteiger partial charge on any atom is -0.456 e. The summed E-state index contributed by atoms with van der Waals surface area (Å²) >= 11 is 1.34. The van der Waals surface area contributed by atoms with E-state index in [4.69, 9.17) is 4.74 Å². The molecule has 164 valence electrons. The van der Waals surface area contributed by atoms with Crippen molar-refractivity contribution in [2.75, 3.05) is 20.1 Å². The van der Waals surface area contributed by atoms with Crippen LogP contribution in [0.15, 0.2) is 42.7 Å². The number of β-amino-alcohol motifs (C(OH)–C–C–N with tert-alkyl or cyclic N) is 1. The number of aliphatic hydroxyl groups excluding tert-OH is 1. The fourth-order valence-corrected chi connectivity index (χ4v) is 5.09. The van der Waals surface area contributed by atoms with E-state index in [1.165, 1.54) is 11.3 Å². The molecule has 1 aliphatic rings. The SMILES string of the molecule is CNC(=O)c1cn(C)c2cc(Oc3ccnc4cc(C(=O)N5CC[C@@H](O)C5)sc34)ccc12. The molecule has 0 aliphatic carbocycles. The number of pyridine rings is 1. The molecule has 1 aromatic carbocycles. The number of aromatic nitrogens is 2. The van der Waals surface area contributed by atoms with Gasteiger partial charge < -0.3 is 24.6 Å². The van der Waals surface area contributed by atoms with Crippen molar-refractivity contribution in [3.8, 4) is 11.5 Å². The third-order valence-electron chi connectivity index (χ3n) is 5.70. The van der Waals surface area contributed by atoms with E-state index in [-0.39, 0.29) is 11.8 Å². The molecule has 0 saturated carbocycles. The molecular formula is C23H22N4O4S. The van der Waals surface area contributed by atoms with Crippen molar-refractivity contribution in [3.63, 3.8) is 0 Å². The Morgan fingerprint density at radius 3 is 2.88 bits per heavy atom. The number of carbonyl (C=O) groups excluding carboxylic acids is 2. The Bertz CT molecular complexity index is 1360. The number of aryl methyl sites for hydroxylation is 1. The molecule has 0 unspecified atom stereocenters. The van der Waals surface area contributed by atoms with Gasteiger partial charge in [0.25, 0.3) is 11.8 Å². The van der Waals surface area contributed by atoms with Crippen molar-refractivity contribution < 1.29 is 19.4 Å². The van der Waals surface area contributed by atoms with Crippen LogP contribution < -0.4 is 10.1 Å². The first-order valence-electron chi connectivity index (χ1n) is 10.3. The molecule has 2 amide bonds. The fourth-order valence-electron chi connectivity index (χ4n) is 4.05. The lowest BCUT2D eigenvalue weighted by atomic mass is 10.1. The van der Waals surface area contributed by atoms with Gasteiger partial charge in [-0.3, -0.25) is 14.6 Å². The molecule has 0 spiro atoms. The quantitative estimate of drug-likeness (QED) is 0.498. The van der Waals surface area contributed by atoms with E-state index < -0.39 is 6.10 Å². The average Bonchev–Trinajstić information content (AvgIpc) is 3.50. The first kappa shape index (κ1) is 20.5. The summed E-state index contributed by atoms with van der Waals surface area (Å²) in [5, 5.41) is 13.2. The van der Waals surface area contributed by atoms with Crippen LogP contribution in [0.5, 0.6) is 11.5 Å². The molecule has 0 bridgehead atoms. The van der Waals surface area contributed by atoms with Crippen LogP contribution in [0, 0.1) is 0 Å². The zero-order valence-electron chi connectivity index (χ0n) is 17.7. The van der Waals surface area contributed by atoms with Gasteiger partial charge in [0.2, 0.25) is 0 Å². The van der Waals surface area contributed by atoms with Crippen molar-refractivity contribution >= 4 is 44.3 Å². The maximum atomic E-state index is 12.8. The van der Waals surface area contributed by atoms with Crippen LogP contribution in [0.2, 0.25) is 0 Å². The van der Waals surface area contributed by atoms with E-state index in [1.54, 1.807) is 36.5 Å². The first-order valence-corrected chi connectivity index (χ1v) is 11.1. The molecule has 4 aromatic rings.